The lowest BCUT2D eigenvalue weighted by Crippen LogP contribution is -2.30. The van der Waals surface area contributed by atoms with Crippen LogP contribution >= 0.6 is 0 Å². The molecule has 0 nitrogen and oxygen atoms in total. The van der Waals surface area contributed by atoms with E-state index in [2.05, 4.69) is 0 Å². The van der Waals surface area contributed by atoms with Crippen molar-refractivity contribution in [3.63, 3.8) is 0 Å². The molecule has 2 aliphatic rings. The summed E-state index contributed by atoms with van der Waals surface area (Å²) < 4.78 is 58.3. The zero-order valence-electron chi connectivity index (χ0n) is 3.97. The highest BCUT2D eigenvalue weighted by Crippen LogP contribution is 2.88. The van der Waals surface area contributed by atoms with Crippen molar-refractivity contribution in [2.45, 2.75) is 17.5 Å². The summed E-state index contributed by atoms with van der Waals surface area (Å²) in [6.07, 6.45) is 0. The van der Waals surface area contributed by atoms with Gasteiger partial charge in [0, 0.05) is 0 Å². The van der Waals surface area contributed by atoms with Crippen molar-refractivity contribution in [1.82, 2.24) is 0 Å². The Kier molecular flexibility index (Phi) is 0.479. The van der Waals surface area contributed by atoms with E-state index in [0.717, 1.165) is 0 Å². The molecular weight excluding hydrogens is 143 g/mol. The highest BCUT2D eigenvalue weighted by Gasteiger charge is 3.14. The maximum absolute atomic E-state index is 11.9. The van der Waals surface area contributed by atoms with Crippen LogP contribution in [0.3, 0.4) is 0 Å². The molecule has 0 atom stereocenters. The minimum Gasteiger partial charge on any atom is -0.230 e. The first-order valence-corrected chi connectivity index (χ1v) is 2.31. The van der Waals surface area contributed by atoms with Gasteiger partial charge in [0.25, 0.3) is 17.5 Å². The summed E-state index contributed by atoms with van der Waals surface area (Å²) in [5, 5.41) is 0. The highest BCUT2D eigenvalue weighted by atomic mass is 19.3. The Bertz CT molecular complexity index is 167. The summed E-state index contributed by atoms with van der Waals surface area (Å²) in [5.74, 6) is -9.79. The minimum absolute atomic E-state index is 2.31. The van der Waals surface area contributed by atoms with Crippen LogP contribution < -0.4 is 0 Å². The third-order valence-electron chi connectivity index (χ3n) is 1.93. The van der Waals surface area contributed by atoms with E-state index in [1.807, 2.05) is 0 Å². The van der Waals surface area contributed by atoms with E-state index in [9.17, 15) is 22.0 Å². The normalized spacial score (nSPS) is 56.3. The number of rotatable bonds is 0. The molecule has 5 heteroatoms. The summed E-state index contributed by atoms with van der Waals surface area (Å²) in [6, 6.07) is 0. The van der Waals surface area contributed by atoms with Gasteiger partial charge in [0.2, 0.25) is 0 Å². The van der Waals surface area contributed by atoms with Gasteiger partial charge in [-0.25, -0.2) is 22.0 Å². The zero-order valence-corrected chi connectivity index (χ0v) is 3.97. The van der Waals surface area contributed by atoms with Gasteiger partial charge in [-0.1, -0.05) is 0 Å². The molecule has 0 N–H and O–H groups in total. The Hall–Kier alpha value is -0.350. The fraction of sp³-hybridized carbons (Fsp3) is 1.00. The lowest BCUT2D eigenvalue weighted by molar-refractivity contribution is -0.122. The van der Waals surface area contributed by atoms with Crippen LogP contribution in [0.4, 0.5) is 22.0 Å². The van der Waals surface area contributed by atoms with Gasteiger partial charge in [-0.15, -0.1) is 0 Å². The molecule has 0 saturated heterocycles. The second kappa shape index (κ2) is 0.793. The average Bonchev–Trinajstić information content (AvgIpc) is 2.21. The second-order valence-electron chi connectivity index (χ2n) is 2.39. The summed E-state index contributed by atoms with van der Waals surface area (Å²) in [4.78, 5) is 0. The fourth-order valence-corrected chi connectivity index (χ4v) is 1.12. The molecule has 0 bridgehead atoms. The molecule has 0 unspecified atom stereocenters. The van der Waals surface area contributed by atoms with E-state index in [1.165, 1.54) is 0 Å². The van der Waals surface area contributed by atoms with E-state index in [4.69, 9.17) is 0 Å². The van der Waals surface area contributed by atoms with Crippen molar-refractivity contribution in [3.05, 3.63) is 0 Å². The van der Waals surface area contributed by atoms with Crippen molar-refractivity contribution in [2.75, 3.05) is 0 Å². The molecule has 0 amide bonds. The Morgan fingerprint density at radius 1 is 0.778 bits per heavy atom. The molecule has 0 aromatic rings. The van der Waals surface area contributed by atoms with Crippen LogP contribution in [0.15, 0.2) is 0 Å². The van der Waals surface area contributed by atoms with E-state index in [1.54, 1.807) is 0 Å². The number of halogens is 5. The van der Waals surface area contributed by atoms with Gasteiger partial charge in [-0.3, -0.25) is 0 Å². The van der Waals surface area contributed by atoms with Crippen LogP contribution in [0.1, 0.15) is 0 Å². The predicted molar refractivity (Wildman–Crippen MR) is 17.2 cm³/mol. The second-order valence-corrected chi connectivity index (χ2v) is 2.39. The molecule has 0 aromatic heterocycles. The van der Waals surface area contributed by atoms with Crippen LogP contribution in [-0.2, 0) is 0 Å². The highest BCUT2D eigenvalue weighted by molar-refractivity contribution is 5.47. The quantitative estimate of drug-likeness (QED) is 0.453. The summed E-state index contributed by atoms with van der Waals surface area (Å²) in [5.41, 5.74) is -3.46. The molecular formula is C4HF5. The first kappa shape index (κ1) is 5.44. The van der Waals surface area contributed by atoms with Crippen molar-refractivity contribution in [3.8, 4) is 0 Å². The van der Waals surface area contributed by atoms with E-state index >= 15 is 0 Å². The summed E-state index contributed by atoms with van der Waals surface area (Å²) in [7, 11) is 0. The van der Waals surface area contributed by atoms with Gasteiger partial charge >= 0.3 is 0 Å². The van der Waals surface area contributed by atoms with Crippen molar-refractivity contribution < 1.29 is 22.0 Å². The molecule has 9 heavy (non-hydrogen) atoms. The molecule has 2 aliphatic carbocycles. The first-order valence-electron chi connectivity index (χ1n) is 2.31. The monoisotopic (exact) mass is 144 g/mol. The third kappa shape index (κ3) is 0.244. The van der Waals surface area contributed by atoms with Crippen molar-refractivity contribution in [2.24, 2.45) is 5.92 Å². The maximum Gasteiger partial charge on any atom is 0.300 e. The SMILES string of the molecule is FC1(F)C2C(F)(F)C21F. The number of hydrogen-bond acceptors (Lipinski definition) is 0. The van der Waals surface area contributed by atoms with E-state index in [0.29, 0.717) is 0 Å². The zero-order chi connectivity index (χ0) is 7.08. The lowest BCUT2D eigenvalue weighted by atomic mass is 10.3. The maximum atomic E-state index is 11.9. The van der Waals surface area contributed by atoms with Gasteiger partial charge in [-0.2, -0.15) is 0 Å². The van der Waals surface area contributed by atoms with E-state index < -0.39 is 23.4 Å². The van der Waals surface area contributed by atoms with Gasteiger partial charge in [0.15, 0.2) is 0 Å². The van der Waals surface area contributed by atoms with Crippen LogP contribution in [0.25, 0.3) is 0 Å². The molecule has 0 heterocycles. The standard InChI is InChI=1S/C4HF5/c5-2-1(3(2,6)7)4(2,8)9/h1H. The van der Waals surface area contributed by atoms with Crippen molar-refractivity contribution >= 4 is 0 Å². The topological polar surface area (TPSA) is 0 Å². The Labute approximate surface area is 46.7 Å². The third-order valence-corrected chi connectivity index (χ3v) is 1.93. The predicted octanol–water partition coefficient (Wildman–Crippen LogP) is 1.61. The van der Waals surface area contributed by atoms with E-state index in [-0.39, 0.29) is 0 Å². The Morgan fingerprint density at radius 3 is 1.00 bits per heavy atom. The molecule has 2 fully saturated rings. The molecule has 0 aliphatic heterocycles. The Morgan fingerprint density at radius 2 is 1.00 bits per heavy atom. The van der Waals surface area contributed by atoms with Crippen molar-refractivity contribution in [1.29, 1.82) is 0 Å². The van der Waals surface area contributed by atoms with Gasteiger partial charge < -0.3 is 0 Å². The summed E-state index contributed by atoms with van der Waals surface area (Å²) >= 11 is 0. The molecule has 52 valence electrons. The number of fused-ring (bicyclic) bond motifs is 1. The fourth-order valence-electron chi connectivity index (χ4n) is 1.12. The smallest absolute Gasteiger partial charge is 0.230 e. The minimum atomic E-state index is -3.74. The average molecular weight is 144 g/mol. The van der Waals surface area contributed by atoms with Gasteiger partial charge in [0.05, 0.1) is 0 Å². The number of hydrogen-bond donors (Lipinski definition) is 0. The number of alkyl halides is 5. The molecule has 2 rings (SSSR count). The first-order chi connectivity index (χ1) is 3.87. The summed E-state index contributed by atoms with van der Waals surface area (Å²) in [6.45, 7) is 0. The largest absolute Gasteiger partial charge is 0.300 e. The molecule has 0 radical (unpaired) electrons. The molecule has 2 saturated carbocycles. The molecule has 0 aromatic carbocycles. The van der Waals surface area contributed by atoms with Crippen LogP contribution in [0, 0.1) is 5.92 Å². The van der Waals surface area contributed by atoms with Crippen LogP contribution in [0.5, 0.6) is 0 Å². The Balaban J connectivity index is 2.27. The van der Waals surface area contributed by atoms with Crippen LogP contribution in [-0.4, -0.2) is 17.5 Å². The van der Waals surface area contributed by atoms with Gasteiger partial charge in [-0.05, 0) is 0 Å². The van der Waals surface area contributed by atoms with Crippen LogP contribution in [0.2, 0.25) is 0 Å². The lowest BCUT2D eigenvalue weighted by Gasteiger charge is -2.10. The molecule has 0 spiro atoms. The van der Waals surface area contributed by atoms with Gasteiger partial charge in [0.1, 0.15) is 5.92 Å².